The van der Waals surface area contributed by atoms with Gasteiger partial charge in [-0.3, -0.25) is 4.79 Å². The lowest BCUT2D eigenvalue weighted by atomic mass is 10.1. The number of benzene rings is 1. The third-order valence-electron chi connectivity index (χ3n) is 2.49. The van der Waals surface area contributed by atoms with Crippen molar-refractivity contribution >= 4 is 5.97 Å². The van der Waals surface area contributed by atoms with Crippen LogP contribution in [0.25, 0.3) is 0 Å². The first-order chi connectivity index (χ1) is 7.50. The molecular formula is C13H19NO2. The molecule has 0 heterocycles. The summed E-state index contributed by atoms with van der Waals surface area (Å²) in [5, 5.41) is 0. The van der Waals surface area contributed by atoms with Gasteiger partial charge in [0.1, 0.15) is 12.6 Å². The van der Waals surface area contributed by atoms with Gasteiger partial charge in [0.2, 0.25) is 0 Å². The maximum Gasteiger partial charge on any atom is 0.323 e. The molecule has 0 saturated carbocycles. The number of carbonyl (C=O) groups excluding carboxylic acids is 1. The molecule has 1 rings (SSSR count). The van der Waals surface area contributed by atoms with Crippen LogP contribution in [-0.4, -0.2) is 12.0 Å². The van der Waals surface area contributed by atoms with E-state index in [0.29, 0.717) is 6.61 Å². The minimum atomic E-state index is -0.537. The number of esters is 1. The number of carbonyl (C=O) groups is 1. The molecule has 16 heavy (non-hydrogen) atoms. The molecule has 1 atom stereocenters. The molecule has 3 heteroatoms. The molecule has 0 spiro atoms. The highest BCUT2D eigenvalue weighted by Crippen LogP contribution is 2.07. The van der Waals surface area contributed by atoms with Crippen LogP contribution >= 0.6 is 0 Å². The van der Waals surface area contributed by atoms with Gasteiger partial charge in [0.15, 0.2) is 0 Å². The molecule has 0 bridgehead atoms. The summed E-state index contributed by atoms with van der Waals surface area (Å²) in [6, 6.07) is 7.34. The van der Waals surface area contributed by atoms with Crippen molar-refractivity contribution in [3.05, 3.63) is 35.4 Å². The Hall–Kier alpha value is -1.35. The third-order valence-corrected chi connectivity index (χ3v) is 2.49. The first-order valence-corrected chi connectivity index (χ1v) is 5.48. The molecule has 3 nitrogen and oxygen atoms in total. The molecule has 0 radical (unpaired) electrons. The zero-order valence-corrected chi connectivity index (χ0v) is 10.1. The minimum absolute atomic E-state index is 0.102. The minimum Gasteiger partial charge on any atom is -0.460 e. The monoisotopic (exact) mass is 221 g/mol. The van der Waals surface area contributed by atoms with Gasteiger partial charge in [0, 0.05) is 0 Å². The summed E-state index contributed by atoms with van der Waals surface area (Å²) in [4.78, 5) is 11.5. The van der Waals surface area contributed by atoms with Gasteiger partial charge in [-0.05, 0) is 18.4 Å². The molecule has 88 valence electrons. The highest BCUT2D eigenvalue weighted by atomic mass is 16.5. The van der Waals surface area contributed by atoms with E-state index in [1.807, 2.05) is 45.0 Å². The van der Waals surface area contributed by atoms with E-state index in [2.05, 4.69) is 0 Å². The van der Waals surface area contributed by atoms with Gasteiger partial charge in [-0.2, -0.15) is 0 Å². The van der Waals surface area contributed by atoms with Gasteiger partial charge in [-0.15, -0.1) is 0 Å². The summed E-state index contributed by atoms with van der Waals surface area (Å²) in [6.07, 6.45) is 0. The molecule has 0 saturated heterocycles. The first-order valence-electron chi connectivity index (χ1n) is 5.48. The summed E-state index contributed by atoms with van der Waals surface area (Å²) in [6.45, 7) is 6.11. The van der Waals surface area contributed by atoms with Gasteiger partial charge in [0.25, 0.3) is 0 Å². The predicted octanol–water partition coefficient (Wildman–Crippen LogP) is 2.02. The molecule has 0 aliphatic heterocycles. The van der Waals surface area contributed by atoms with Crippen molar-refractivity contribution in [3.8, 4) is 0 Å². The second-order valence-corrected chi connectivity index (χ2v) is 4.36. The molecule has 0 aromatic heterocycles. The van der Waals surface area contributed by atoms with Crippen molar-refractivity contribution in [2.45, 2.75) is 33.4 Å². The third kappa shape index (κ3) is 3.66. The number of hydrogen-bond acceptors (Lipinski definition) is 3. The molecule has 0 aliphatic rings. The molecule has 0 fully saturated rings. The highest BCUT2D eigenvalue weighted by Gasteiger charge is 2.18. The Bertz CT molecular complexity index is 343. The topological polar surface area (TPSA) is 52.3 Å². The van der Waals surface area contributed by atoms with E-state index in [1.54, 1.807) is 0 Å². The Morgan fingerprint density at radius 1 is 1.31 bits per heavy atom. The maximum atomic E-state index is 11.5. The van der Waals surface area contributed by atoms with Crippen molar-refractivity contribution in [1.29, 1.82) is 0 Å². The summed E-state index contributed by atoms with van der Waals surface area (Å²) in [5.74, 6) is -0.235. The zero-order chi connectivity index (χ0) is 12.1. The molecule has 0 aliphatic carbocycles. The van der Waals surface area contributed by atoms with Gasteiger partial charge in [-0.25, -0.2) is 0 Å². The van der Waals surface area contributed by atoms with Crippen LogP contribution in [-0.2, 0) is 16.1 Å². The second-order valence-electron chi connectivity index (χ2n) is 4.36. The fraction of sp³-hybridized carbons (Fsp3) is 0.462. The Morgan fingerprint density at radius 2 is 1.88 bits per heavy atom. The normalized spacial score (nSPS) is 12.6. The molecule has 0 unspecified atom stereocenters. The van der Waals surface area contributed by atoms with E-state index in [0.717, 1.165) is 5.56 Å². The number of ether oxygens (including phenoxy) is 1. The maximum absolute atomic E-state index is 11.5. The molecule has 2 N–H and O–H groups in total. The van der Waals surface area contributed by atoms with E-state index >= 15 is 0 Å². The lowest BCUT2D eigenvalue weighted by molar-refractivity contribution is -0.147. The zero-order valence-electron chi connectivity index (χ0n) is 10.1. The number of rotatable bonds is 4. The van der Waals surface area contributed by atoms with Crippen LogP contribution < -0.4 is 5.73 Å². The van der Waals surface area contributed by atoms with Crippen LogP contribution in [0.15, 0.2) is 24.3 Å². The SMILES string of the molecule is Cc1ccc(COC(=O)[C@@H](N)C(C)C)cc1. The standard InChI is InChI=1S/C13H19NO2/c1-9(2)12(14)13(15)16-8-11-6-4-10(3)5-7-11/h4-7,9,12H,8,14H2,1-3H3/t12-/m0/s1. The van der Waals surface area contributed by atoms with Crippen molar-refractivity contribution in [3.63, 3.8) is 0 Å². The van der Waals surface area contributed by atoms with Crippen LogP contribution in [0, 0.1) is 12.8 Å². The van der Waals surface area contributed by atoms with Crippen molar-refractivity contribution in [2.75, 3.05) is 0 Å². The largest absolute Gasteiger partial charge is 0.460 e. The quantitative estimate of drug-likeness (QED) is 0.791. The number of hydrogen-bond donors (Lipinski definition) is 1. The summed E-state index contributed by atoms with van der Waals surface area (Å²) >= 11 is 0. The lowest BCUT2D eigenvalue weighted by Gasteiger charge is -2.14. The fourth-order valence-corrected chi connectivity index (χ4v) is 1.21. The van der Waals surface area contributed by atoms with E-state index < -0.39 is 6.04 Å². The van der Waals surface area contributed by atoms with Gasteiger partial charge < -0.3 is 10.5 Å². The van der Waals surface area contributed by atoms with E-state index in [-0.39, 0.29) is 11.9 Å². The van der Waals surface area contributed by atoms with Crippen LogP contribution in [0.2, 0.25) is 0 Å². The van der Waals surface area contributed by atoms with Crippen LogP contribution in [0.3, 0.4) is 0 Å². The summed E-state index contributed by atoms with van der Waals surface area (Å²) in [7, 11) is 0. The number of nitrogens with two attached hydrogens (primary N) is 1. The highest BCUT2D eigenvalue weighted by molar-refractivity contribution is 5.75. The molecular weight excluding hydrogens is 202 g/mol. The average Bonchev–Trinajstić information content (AvgIpc) is 2.26. The van der Waals surface area contributed by atoms with E-state index in [4.69, 9.17) is 10.5 Å². The Morgan fingerprint density at radius 3 is 2.38 bits per heavy atom. The Balaban J connectivity index is 2.46. The summed E-state index contributed by atoms with van der Waals surface area (Å²) < 4.78 is 5.13. The van der Waals surface area contributed by atoms with Crippen molar-refractivity contribution < 1.29 is 9.53 Å². The van der Waals surface area contributed by atoms with Crippen molar-refractivity contribution in [1.82, 2.24) is 0 Å². The van der Waals surface area contributed by atoms with Crippen LogP contribution in [0.4, 0.5) is 0 Å². The van der Waals surface area contributed by atoms with Gasteiger partial charge in [-0.1, -0.05) is 43.7 Å². The van der Waals surface area contributed by atoms with E-state index in [1.165, 1.54) is 5.56 Å². The predicted molar refractivity (Wildman–Crippen MR) is 63.8 cm³/mol. The molecule has 1 aromatic rings. The Labute approximate surface area is 96.6 Å². The van der Waals surface area contributed by atoms with Gasteiger partial charge in [0.05, 0.1) is 0 Å². The van der Waals surface area contributed by atoms with E-state index in [9.17, 15) is 4.79 Å². The second kappa shape index (κ2) is 5.66. The molecule has 0 amide bonds. The lowest BCUT2D eigenvalue weighted by Crippen LogP contribution is -2.36. The average molecular weight is 221 g/mol. The Kier molecular flexibility index (Phi) is 4.50. The van der Waals surface area contributed by atoms with Crippen molar-refractivity contribution in [2.24, 2.45) is 11.7 Å². The number of aryl methyl sites for hydroxylation is 1. The molecule has 1 aromatic carbocycles. The van der Waals surface area contributed by atoms with Gasteiger partial charge >= 0.3 is 5.97 Å². The summed E-state index contributed by atoms with van der Waals surface area (Å²) in [5.41, 5.74) is 7.84. The fourth-order valence-electron chi connectivity index (χ4n) is 1.21. The first kappa shape index (κ1) is 12.7. The van der Waals surface area contributed by atoms with Crippen LogP contribution in [0.1, 0.15) is 25.0 Å². The smallest absolute Gasteiger partial charge is 0.323 e. The van der Waals surface area contributed by atoms with Crippen LogP contribution in [0.5, 0.6) is 0 Å².